The lowest BCUT2D eigenvalue weighted by atomic mass is 9.92. The third kappa shape index (κ3) is 3.28. The maximum atomic E-state index is 9.21. The molecule has 0 fully saturated rings. The number of hydrogen-bond acceptors (Lipinski definition) is 5. The summed E-state index contributed by atoms with van der Waals surface area (Å²) in [6, 6.07) is 0.0821. The smallest absolute Gasteiger partial charge is 0.138 e. The Kier molecular flexibility index (Phi) is 4.68. The Morgan fingerprint density at radius 1 is 1.35 bits per heavy atom. The molecular weight excluding hydrogens is 220 g/mol. The fourth-order valence-electron chi connectivity index (χ4n) is 1.77. The van der Waals surface area contributed by atoms with Crippen LogP contribution >= 0.6 is 0 Å². The molecule has 1 heterocycles. The van der Waals surface area contributed by atoms with E-state index in [0.29, 0.717) is 6.54 Å². The van der Waals surface area contributed by atoms with E-state index in [-0.39, 0.29) is 19.3 Å². The SMILES string of the molecule is Cc1noc(C)c1C(C)NCC(C)(CO)CO. The van der Waals surface area contributed by atoms with Gasteiger partial charge in [-0.1, -0.05) is 12.1 Å². The molecule has 0 spiro atoms. The summed E-state index contributed by atoms with van der Waals surface area (Å²) >= 11 is 0. The average molecular weight is 242 g/mol. The van der Waals surface area contributed by atoms with E-state index in [2.05, 4.69) is 10.5 Å². The van der Waals surface area contributed by atoms with Crippen molar-refractivity contribution in [3.05, 3.63) is 17.0 Å². The van der Waals surface area contributed by atoms with E-state index in [9.17, 15) is 10.2 Å². The minimum absolute atomic E-state index is 0.0508. The highest BCUT2D eigenvalue weighted by Gasteiger charge is 2.24. The van der Waals surface area contributed by atoms with Crippen LogP contribution < -0.4 is 5.32 Å². The van der Waals surface area contributed by atoms with Gasteiger partial charge in [-0.3, -0.25) is 0 Å². The van der Waals surface area contributed by atoms with Crippen molar-refractivity contribution in [3.8, 4) is 0 Å². The summed E-state index contributed by atoms with van der Waals surface area (Å²) in [4.78, 5) is 0. The van der Waals surface area contributed by atoms with Crippen molar-refractivity contribution in [2.24, 2.45) is 5.41 Å². The van der Waals surface area contributed by atoms with Crippen LogP contribution in [0.3, 0.4) is 0 Å². The molecule has 0 aliphatic rings. The molecule has 1 aromatic rings. The van der Waals surface area contributed by atoms with E-state index >= 15 is 0 Å². The first-order valence-corrected chi connectivity index (χ1v) is 5.81. The standard InChI is InChI=1S/C12H22N2O3/c1-8(11-9(2)14-17-10(11)3)13-5-12(4,6-15)7-16/h8,13,15-16H,5-7H2,1-4H3. The van der Waals surface area contributed by atoms with Gasteiger partial charge in [-0.2, -0.15) is 0 Å². The van der Waals surface area contributed by atoms with Gasteiger partial charge < -0.3 is 20.1 Å². The van der Waals surface area contributed by atoms with Gasteiger partial charge in [-0.05, 0) is 20.8 Å². The second-order valence-corrected chi connectivity index (χ2v) is 4.97. The van der Waals surface area contributed by atoms with Gasteiger partial charge in [-0.15, -0.1) is 0 Å². The highest BCUT2D eigenvalue weighted by atomic mass is 16.5. The summed E-state index contributed by atoms with van der Waals surface area (Å²) in [5.41, 5.74) is 1.41. The maximum Gasteiger partial charge on any atom is 0.138 e. The van der Waals surface area contributed by atoms with Crippen molar-refractivity contribution in [2.45, 2.75) is 33.7 Å². The number of aryl methyl sites for hydroxylation is 2. The van der Waals surface area contributed by atoms with Crippen LogP contribution in [0.5, 0.6) is 0 Å². The molecule has 0 aliphatic heterocycles. The predicted molar refractivity (Wildman–Crippen MR) is 64.7 cm³/mol. The van der Waals surface area contributed by atoms with E-state index < -0.39 is 5.41 Å². The largest absolute Gasteiger partial charge is 0.396 e. The summed E-state index contributed by atoms with van der Waals surface area (Å²) in [5.74, 6) is 0.803. The molecular formula is C12H22N2O3. The van der Waals surface area contributed by atoms with Gasteiger partial charge in [0.25, 0.3) is 0 Å². The fourth-order valence-corrected chi connectivity index (χ4v) is 1.77. The molecule has 5 nitrogen and oxygen atoms in total. The quantitative estimate of drug-likeness (QED) is 0.691. The molecule has 17 heavy (non-hydrogen) atoms. The molecule has 0 saturated heterocycles. The minimum atomic E-state index is -0.507. The van der Waals surface area contributed by atoms with Gasteiger partial charge in [0.05, 0.1) is 18.9 Å². The van der Waals surface area contributed by atoms with Gasteiger partial charge in [0.15, 0.2) is 0 Å². The summed E-state index contributed by atoms with van der Waals surface area (Å²) in [6.45, 7) is 8.06. The Morgan fingerprint density at radius 3 is 2.35 bits per heavy atom. The molecule has 5 heteroatoms. The molecule has 1 aromatic heterocycles. The Bertz CT molecular complexity index is 339. The van der Waals surface area contributed by atoms with Crippen LogP contribution in [-0.2, 0) is 0 Å². The molecule has 1 rings (SSSR count). The lowest BCUT2D eigenvalue weighted by molar-refractivity contribution is 0.0677. The van der Waals surface area contributed by atoms with Crippen molar-refractivity contribution in [1.82, 2.24) is 10.5 Å². The second-order valence-electron chi connectivity index (χ2n) is 4.97. The van der Waals surface area contributed by atoms with Crippen LogP contribution in [0, 0.1) is 19.3 Å². The van der Waals surface area contributed by atoms with Crippen LogP contribution in [0.25, 0.3) is 0 Å². The highest BCUT2D eigenvalue weighted by Crippen LogP contribution is 2.22. The molecule has 0 aromatic carbocycles. The number of hydrogen-bond donors (Lipinski definition) is 3. The zero-order valence-corrected chi connectivity index (χ0v) is 10.9. The maximum absolute atomic E-state index is 9.21. The number of aliphatic hydroxyl groups excluding tert-OH is 2. The van der Waals surface area contributed by atoms with Gasteiger partial charge in [0, 0.05) is 23.6 Å². The monoisotopic (exact) mass is 242 g/mol. The van der Waals surface area contributed by atoms with E-state index in [0.717, 1.165) is 17.0 Å². The number of aromatic nitrogens is 1. The highest BCUT2D eigenvalue weighted by molar-refractivity contribution is 5.24. The Labute approximate surface area is 102 Å². The zero-order valence-electron chi connectivity index (χ0n) is 10.9. The van der Waals surface area contributed by atoms with Gasteiger partial charge in [-0.25, -0.2) is 0 Å². The number of rotatable bonds is 6. The first kappa shape index (κ1) is 14.2. The molecule has 0 bridgehead atoms. The number of nitrogens with one attached hydrogen (secondary N) is 1. The minimum Gasteiger partial charge on any atom is -0.396 e. The van der Waals surface area contributed by atoms with Crippen LogP contribution in [-0.4, -0.2) is 35.1 Å². The number of aliphatic hydroxyl groups is 2. The van der Waals surface area contributed by atoms with Crippen molar-refractivity contribution in [3.63, 3.8) is 0 Å². The molecule has 3 N–H and O–H groups in total. The molecule has 98 valence electrons. The second kappa shape index (κ2) is 5.62. The number of nitrogens with zero attached hydrogens (tertiary/aromatic N) is 1. The van der Waals surface area contributed by atoms with Gasteiger partial charge in [0.2, 0.25) is 0 Å². The van der Waals surface area contributed by atoms with E-state index in [1.807, 2.05) is 27.7 Å². The van der Waals surface area contributed by atoms with Crippen molar-refractivity contribution in [1.29, 1.82) is 0 Å². The van der Waals surface area contributed by atoms with Crippen molar-refractivity contribution < 1.29 is 14.7 Å². The third-order valence-corrected chi connectivity index (χ3v) is 3.12. The molecule has 1 unspecified atom stereocenters. The first-order valence-electron chi connectivity index (χ1n) is 5.81. The van der Waals surface area contributed by atoms with Crippen LogP contribution in [0.2, 0.25) is 0 Å². The Morgan fingerprint density at radius 2 is 1.94 bits per heavy atom. The molecule has 0 amide bonds. The van der Waals surface area contributed by atoms with Gasteiger partial charge >= 0.3 is 0 Å². The molecule has 1 atom stereocenters. The van der Waals surface area contributed by atoms with Crippen molar-refractivity contribution >= 4 is 0 Å². The summed E-state index contributed by atoms with van der Waals surface area (Å²) in [7, 11) is 0. The summed E-state index contributed by atoms with van der Waals surface area (Å²) in [6.07, 6.45) is 0. The van der Waals surface area contributed by atoms with Crippen molar-refractivity contribution in [2.75, 3.05) is 19.8 Å². The zero-order chi connectivity index (χ0) is 13.1. The summed E-state index contributed by atoms with van der Waals surface area (Å²) in [5, 5.41) is 25.6. The molecule has 0 saturated carbocycles. The van der Waals surface area contributed by atoms with Gasteiger partial charge in [0.1, 0.15) is 5.76 Å². The van der Waals surface area contributed by atoms with Crippen LogP contribution in [0.1, 0.15) is 36.9 Å². The van der Waals surface area contributed by atoms with E-state index in [1.165, 1.54) is 0 Å². The fraction of sp³-hybridized carbons (Fsp3) is 0.750. The van der Waals surface area contributed by atoms with E-state index in [1.54, 1.807) is 0 Å². The predicted octanol–water partition coefficient (Wildman–Crippen LogP) is 0.933. The first-order chi connectivity index (χ1) is 7.93. The lowest BCUT2D eigenvalue weighted by Crippen LogP contribution is -2.39. The molecule has 0 aliphatic carbocycles. The Hall–Kier alpha value is -0.910. The Balaban J connectivity index is 2.65. The topological polar surface area (TPSA) is 78.5 Å². The normalized spacial score (nSPS) is 14.0. The van der Waals surface area contributed by atoms with Crippen LogP contribution in [0.15, 0.2) is 4.52 Å². The van der Waals surface area contributed by atoms with E-state index in [4.69, 9.17) is 4.52 Å². The lowest BCUT2D eigenvalue weighted by Gasteiger charge is -2.27. The average Bonchev–Trinajstić information content (AvgIpc) is 2.66. The third-order valence-electron chi connectivity index (χ3n) is 3.12. The van der Waals surface area contributed by atoms with Crippen LogP contribution in [0.4, 0.5) is 0 Å². The summed E-state index contributed by atoms with van der Waals surface area (Å²) < 4.78 is 5.11. The molecule has 0 radical (unpaired) electrons.